The van der Waals surface area contributed by atoms with Gasteiger partial charge in [0, 0.05) is 6.42 Å². The number of hydrogen-bond donors (Lipinski definition) is 4. The monoisotopic (exact) mass is 496 g/mol. The van der Waals surface area contributed by atoms with Gasteiger partial charge in [0.1, 0.15) is 24.4 Å². The molecule has 11 heteroatoms. The number of hydrogen-bond acceptors (Lipinski definition) is 7. The molecular formula is C25H28N4O7. The van der Waals surface area contributed by atoms with Crippen LogP contribution in [0, 0.1) is 0 Å². The molecule has 11 nitrogen and oxygen atoms in total. The van der Waals surface area contributed by atoms with Crippen LogP contribution in [-0.2, 0) is 35.3 Å². The molecule has 1 heterocycles. The first-order valence-corrected chi connectivity index (χ1v) is 11.3. The molecule has 0 aromatic heterocycles. The van der Waals surface area contributed by atoms with E-state index in [-0.39, 0.29) is 19.4 Å². The van der Waals surface area contributed by atoms with E-state index in [1.54, 1.807) is 36.4 Å². The van der Waals surface area contributed by atoms with Crippen LogP contribution in [0.3, 0.4) is 0 Å². The quantitative estimate of drug-likeness (QED) is 0.278. The molecule has 0 fully saturated rings. The maximum atomic E-state index is 12.8. The molecule has 0 saturated heterocycles. The Bertz CT molecular complexity index is 1150. The molecule has 36 heavy (non-hydrogen) atoms. The number of rotatable bonds is 10. The zero-order valence-electron chi connectivity index (χ0n) is 19.9. The summed E-state index contributed by atoms with van der Waals surface area (Å²) in [6.45, 7) is 2.73. The van der Waals surface area contributed by atoms with Crippen molar-refractivity contribution in [2.75, 3.05) is 5.32 Å². The van der Waals surface area contributed by atoms with Gasteiger partial charge in [0.25, 0.3) is 17.4 Å². The van der Waals surface area contributed by atoms with E-state index in [0.29, 0.717) is 11.4 Å². The van der Waals surface area contributed by atoms with Crippen molar-refractivity contribution in [2.24, 2.45) is 5.73 Å². The molecule has 0 aliphatic carbocycles. The second kappa shape index (κ2) is 11.3. The Labute approximate surface area is 207 Å². The largest absolute Gasteiger partial charge is 0.466 e. The van der Waals surface area contributed by atoms with E-state index in [9.17, 15) is 24.0 Å². The van der Waals surface area contributed by atoms with Gasteiger partial charge in [-0.3, -0.25) is 24.0 Å². The first kappa shape index (κ1) is 26.2. The molecule has 4 amide bonds. The van der Waals surface area contributed by atoms with E-state index < -0.39 is 47.3 Å². The number of anilines is 1. The van der Waals surface area contributed by atoms with Crippen molar-refractivity contribution in [2.45, 2.75) is 51.0 Å². The van der Waals surface area contributed by atoms with E-state index in [0.717, 1.165) is 5.56 Å². The third kappa shape index (κ3) is 6.38. The molecule has 3 rings (SSSR count). The molecule has 1 unspecified atom stereocenters. The SMILES string of the molecule is C[C@H](NC(=O)C1(C)Oc2ccccc2NC1=O)C(=O)N[C@H](CCC(=O)OCc1ccccc1)C(N)=O. The average molecular weight is 497 g/mol. The van der Waals surface area contributed by atoms with Crippen LogP contribution in [0.5, 0.6) is 5.75 Å². The van der Waals surface area contributed by atoms with Crippen molar-refractivity contribution in [1.29, 1.82) is 0 Å². The molecule has 1 aliphatic heterocycles. The van der Waals surface area contributed by atoms with Crippen LogP contribution in [0.4, 0.5) is 5.69 Å². The minimum atomic E-state index is -1.92. The number of nitrogens with two attached hydrogens (primary N) is 1. The Morgan fingerprint density at radius 2 is 1.72 bits per heavy atom. The third-order valence-electron chi connectivity index (χ3n) is 5.60. The van der Waals surface area contributed by atoms with Crippen LogP contribution in [0.25, 0.3) is 0 Å². The highest BCUT2D eigenvalue weighted by Gasteiger charge is 2.47. The lowest BCUT2D eigenvalue weighted by atomic mass is 10.0. The molecule has 2 aromatic carbocycles. The summed E-state index contributed by atoms with van der Waals surface area (Å²) in [5, 5.41) is 7.43. The molecule has 3 atom stereocenters. The standard InChI is InChI=1S/C25H28N4O7/c1-15(27-23(33)25(2)24(34)29-17-10-6-7-11-19(17)36-25)22(32)28-18(21(26)31)12-13-20(30)35-14-16-8-4-3-5-9-16/h3-11,15,18H,12-14H2,1-2H3,(H2,26,31)(H,27,33)(H,28,32)(H,29,34)/t15-,18+,25?/m0/s1. The van der Waals surface area contributed by atoms with Crippen LogP contribution in [0.15, 0.2) is 54.6 Å². The number of carbonyl (C=O) groups excluding carboxylic acids is 5. The van der Waals surface area contributed by atoms with Gasteiger partial charge < -0.3 is 31.2 Å². The van der Waals surface area contributed by atoms with E-state index >= 15 is 0 Å². The highest BCUT2D eigenvalue weighted by molar-refractivity contribution is 6.16. The zero-order valence-corrected chi connectivity index (χ0v) is 19.9. The van der Waals surface area contributed by atoms with E-state index in [1.165, 1.54) is 13.8 Å². The van der Waals surface area contributed by atoms with Crippen molar-refractivity contribution < 1.29 is 33.4 Å². The van der Waals surface area contributed by atoms with Crippen LogP contribution in [0.1, 0.15) is 32.3 Å². The fourth-order valence-electron chi connectivity index (χ4n) is 3.37. The van der Waals surface area contributed by atoms with Gasteiger partial charge in [0.05, 0.1) is 5.69 Å². The van der Waals surface area contributed by atoms with Crippen molar-refractivity contribution in [3.8, 4) is 5.75 Å². The predicted octanol–water partition coefficient (Wildman–Crippen LogP) is 0.775. The molecule has 0 radical (unpaired) electrons. The van der Waals surface area contributed by atoms with Gasteiger partial charge in [-0.1, -0.05) is 42.5 Å². The summed E-state index contributed by atoms with van der Waals surface area (Å²) in [5.74, 6) is -3.39. The van der Waals surface area contributed by atoms with Crippen molar-refractivity contribution in [1.82, 2.24) is 10.6 Å². The number of para-hydroxylation sites is 2. The maximum Gasteiger partial charge on any atom is 0.306 e. The van der Waals surface area contributed by atoms with Crippen LogP contribution in [-0.4, -0.2) is 47.3 Å². The molecular weight excluding hydrogens is 468 g/mol. The summed E-state index contributed by atoms with van der Waals surface area (Å²) in [6.07, 6.45) is -0.248. The van der Waals surface area contributed by atoms with Gasteiger partial charge >= 0.3 is 5.97 Å². The maximum absolute atomic E-state index is 12.8. The highest BCUT2D eigenvalue weighted by Crippen LogP contribution is 2.33. The normalized spacial score (nSPS) is 17.9. The number of nitrogens with one attached hydrogen (secondary N) is 3. The Morgan fingerprint density at radius 1 is 1.06 bits per heavy atom. The molecule has 0 saturated carbocycles. The number of amides is 4. The van der Waals surface area contributed by atoms with E-state index in [2.05, 4.69) is 16.0 Å². The first-order valence-electron chi connectivity index (χ1n) is 11.3. The molecule has 0 bridgehead atoms. The third-order valence-corrected chi connectivity index (χ3v) is 5.60. The summed E-state index contributed by atoms with van der Waals surface area (Å²) in [5.41, 5.74) is 4.68. The number of benzene rings is 2. The Balaban J connectivity index is 1.52. The van der Waals surface area contributed by atoms with Crippen molar-refractivity contribution in [3.63, 3.8) is 0 Å². The summed E-state index contributed by atoms with van der Waals surface area (Å²) < 4.78 is 10.8. The molecule has 0 spiro atoms. The summed E-state index contributed by atoms with van der Waals surface area (Å²) in [7, 11) is 0. The number of primary amides is 1. The molecule has 190 valence electrons. The topological polar surface area (TPSA) is 166 Å². The summed E-state index contributed by atoms with van der Waals surface area (Å²) in [6, 6.07) is 13.4. The Morgan fingerprint density at radius 3 is 2.42 bits per heavy atom. The Hall–Kier alpha value is -4.41. The van der Waals surface area contributed by atoms with Gasteiger partial charge in [-0.05, 0) is 38.0 Å². The minimum absolute atomic E-state index is 0.0786. The van der Waals surface area contributed by atoms with Gasteiger partial charge in [-0.25, -0.2) is 0 Å². The van der Waals surface area contributed by atoms with Crippen LogP contribution >= 0.6 is 0 Å². The zero-order chi connectivity index (χ0) is 26.3. The predicted molar refractivity (Wildman–Crippen MR) is 128 cm³/mol. The second-order valence-electron chi connectivity index (χ2n) is 8.43. The number of esters is 1. The van der Waals surface area contributed by atoms with E-state index in [4.69, 9.17) is 15.2 Å². The van der Waals surface area contributed by atoms with Crippen molar-refractivity contribution >= 4 is 35.3 Å². The fraction of sp³-hybridized carbons (Fsp3) is 0.320. The van der Waals surface area contributed by atoms with Crippen LogP contribution < -0.4 is 26.4 Å². The molecule has 5 N–H and O–H groups in total. The first-order chi connectivity index (χ1) is 17.1. The van der Waals surface area contributed by atoms with Gasteiger partial charge in [0.2, 0.25) is 11.8 Å². The van der Waals surface area contributed by atoms with Gasteiger partial charge in [0.15, 0.2) is 0 Å². The minimum Gasteiger partial charge on any atom is -0.466 e. The average Bonchev–Trinajstić information content (AvgIpc) is 2.86. The smallest absolute Gasteiger partial charge is 0.306 e. The lowest BCUT2D eigenvalue weighted by molar-refractivity contribution is -0.148. The van der Waals surface area contributed by atoms with Gasteiger partial charge in [-0.15, -0.1) is 0 Å². The lowest BCUT2D eigenvalue weighted by Crippen LogP contribution is -2.62. The fourth-order valence-corrected chi connectivity index (χ4v) is 3.37. The molecule has 1 aliphatic rings. The van der Waals surface area contributed by atoms with Gasteiger partial charge in [-0.2, -0.15) is 0 Å². The van der Waals surface area contributed by atoms with E-state index in [1.807, 2.05) is 18.2 Å². The lowest BCUT2D eigenvalue weighted by Gasteiger charge is -2.34. The van der Waals surface area contributed by atoms with Crippen LogP contribution in [0.2, 0.25) is 0 Å². The number of fused-ring (bicyclic) bond motifs is 1. The van der Waals surface area contributed by atoms with Crippen molar-refractivity contribution in [3.05, 3.63) is 60.2 Å². The number of ether oxygens (including phenoxy) is 2. The highest BCUT2D eigenvalue weighted by atomic mass is 16.5. The summed E-state index contributed by atoms with van der Waals surface area (Å²) >= 11 is 0. The number of carbonyl (C=O) groups is 5. The molecule has 2 aromatic rings. The second-order valence-corrected chi connectivity index (χ2v) is 8.43. The Kier molecular flexibility index (Phi) is 8.26. The summed E-state index contributed by atoms with van der Waals surface area (Å²) in [4.78, 5) is 61.9.